The first kappa shape index (κ1) is 15.4. The fourth-order valence-corrected chi connectivity index (χ4v) is 3.30. The quantitative estimate of drug-likeness (QED) is 0.724. The lowest BCUT2D eigenvalue weighted by molar-refractivity contribution is 0.0697. The summed E-state index contributed by atoms with van der Waals surface area (Å²) in [5, 5.41) is 9.60. The molecule has 1 N–H and O–H groups in total. The topological polar surface area (TPSA) is 93.6 Å². The number of carbonyl (C=O) groups is 1. The molecule has 3 rings (SSSR count). The Balaban J connectivity index is 1.95. The first-order valence-electron chi connectivity index (χ1n) is 6.20. The predicted octanol–water partition coefficient (Wildman–Crippen LogP) is 3.25. The molecule has 0 spiro atoms. The van der Waals surface area contributed by atoms with Crippen molar-refractivity contribution in [3.8, 4) is 16.3 Å². The molecule has 3 aromatic rings. The Labute approximate surface area is 134 Å². The Morgan fingerprint density at radius 2 is 1.87 bits per heavy atom. The van der Waals surface area contributed by atoms with Crippen molar-refractivity contribution in [3.05, 3.63) is 48.0 Å². The van der Waals surface area contributed by atoms with E-state index in [9.17, 15) is 17.1 Å². The van der Waals surface area contributed by atoms with Gasteiger partial charge < -0.3 is 9.29 Å². The molecule has 0 saturated heterocycles. The van der Waals surface area contributed by atoms with Gasteiger partial charge in [0.15, 0.2) is 0 Å². The third-order valence-corrected chi connectivity index (χ3v) is 4.39. The van der Waals surface area contributed by atoms with Crippen LogP contribution in [0.25, 0.3) is 20.8 Å². The van der Waals surface area contributed by atoms with Crippen LogP contribution in [-0.2, 0) is 10.5 Å². The smallest absolute Gasteiger partial charge is 0.478 e. The normalized spacial score (nSPS) is 11.5. The van der Waals surface area contributed by atoms with Gasteiger partial charge in [-0.05, 0) is 42.5 Å². The van der Waals surface area contributed by atoms with E-state index >= 15 is 0 Å². The Hall–Kier alpha value is -2.52. The van der Waals surface area contributed by atoms with Gasteiger partial charge in [-0.2, -0.15) is 8.42 Å². The number of rotatable bonds is 4. The summed E-state index contributed by atoms with van der Waals surface area (Å²) in [6, 6.07) is 10.3. The van der Waals surface area contributed by atoms with Gasteiger partial charge in [-0.1, -0.05) is 3.89 Å². The van der Waals surface area contributed by atoms with E-state index in [2.05, 4.69) is 9.17 Å². The highest BCUT2D eigenvalue weighted by molar-refractivity contribution is 7.81. The first-order chi connectivity index (χ1) is 10.8. The molecule has 0 aliphatic heterocycles. The van der Waals surface area contributed by atoms with Gasteiger partial charge in [0.1, 0.15) is 10.8 Å². The Morgan fingerprint density at radius 3 is 2.48 bits per heavy atom. The number of thiazole rings is 1. The first-order valence-corrected chi connectivity index (χ1v) is 8.33. The molecule has 118 valence electrons. The number of fused-ring (bicyclic) bond motifs is 1. The van der Waals surface area contributed by atoms with Crippen LogP contribution < -0.4 is 4.18 Å². The van der Waals surface area contributed by atoms with Crippen molar-refractivity contribution in [2.24, 2.45) is 0 Å². The average Bonchev–Trinajstić information content (AvgIpc) is 2.89. The van der Waals surface area contributed by atoms with Crippen molar-refractivity contribution in [1.82, 2.24) is 4.98 Å². The summed E-state index contributed by atoms with van der Waals surface area (Å²) in [6.45, 7) is 0. The Morgan fingerprint density at radius 1 is 1.17 bits per heavy atom. The maximum absolute atomic E-state index is 12.4. The number of benzene rings is 2. The van der Waals surface area contributed by atoms with Crippen LogP contribution in [0.15, 0.2) is 42.5 Å². The van der Waals surface area contributed by atoms with Gasteiger partial charge in [0.2, 0.25) is 0 Å². The second-order valence-corrected chi connectivity index (χ2v) is 6.49. The average molecular weight is 353 g/mol. The maximum atomic E-state index is 12.4. The highest BCUT2D eigenvalue weighted by Gasteiger charge is 2.12. The number of aromatic nitrogens is 1. The standard InChI is InChI=1S/C14H8FNO5S2/c15-23(19,20)21-10-4-1-8(2-5-10)13-16-11-6-3-9(14(17)18)7-12(11)22-13/h1-7H,(H,17,18). The SMILES string of the molecule is O=C(O)c1ccc2nc(-c3ccc(OS(=O)(=O)F)cc3)sc2c1. The van der Waals surface area contributed by atoms with E-state index in [1.165, 1.54) is 47.7 Å². The van der Waals surface area contributed by atoms with Gasteiger partial charge in [-0.3, -0.25) is 0 Å². The zero-order valence-electron chi connectivity index (χ0n) is 11.3. The summed E-state index contributed by atoms with van der Waals surface area (Å²) in [5.41, 5.74) is 1.50. The Bertz CT molecular complexity index is 996. The fourth-order valence-electron chi connectivity index (χ4n) is 1.95. The van der Waals surface area contributed by atoms with Crippen molar-refractivity contribution in [2.75, 3.05) is 0 Å². The zero-order valence-corrected chi connectivity index (χ0v) is 12.9. The summed E-state index contributed by atoms with van der Waals surface area (Å²) in [5.74, 6) is -1.17. The van der Waals surface area contributed by atoms with E-state index in [0.29, 0.717) is 20.8 Å². The minimum atomic E-state index is -5.06. The third kappa shape index (κ3) is 3.46. The van der Waals surface area contributed by atoms with Gasteiger partial charge in [-0.25, -0.2) is 9.78 Å². The number of hydrogen-bond donors (Lipinski definition) is 1. The predicted molar refractivity (Wildman–Crippen MR) is 82.7 cm³/mol. The van der Waals surface area contributed by atoms with Gasteiger partial charge in [-0.15, -0.1) is 11.3 Å². The van der Waals surface area contributed by atoms with Crippen LogP contribution in [0.2, 0.25) is 0 Å². The van der Waals surface area contributed by atoms with Gasteiger partial charge in [0, 0.05) is 5.56 Å². The monoisotopic (exact) mass is 353 g/mol. The van der Waals surface area contributed by atoms with Crippen molar-refractivity contribution in [2.45, 2.75) is 0 Å². The number of hydrogen-bond acceptors (Lipinski definition) is 6. The van der Waals surface area contributed by atoms with Crippen LogP contribution in [0.3, 0.4) is 0 Å². The van der Waals surface area contributed by atoms with Crippen LogP contribution in [0.4, 0.5) is 3.89 Å². The fraction of sp³-hybridized carbons (Fsp3) is 0. The molecule has 0 saturated carbocycles. The van der Waals surface area contributed by atoms with E-state index < -0.39 is 16.5 Å². The molecule has 0 radical (unpaired) electrons. The van der Waals surface area contributed by atoms with E-state index in [4.69, 9.17) is 5.11 Å². The largest absolute Gasteiger partial charge is 0.488 e. The van der Waals surface area contributed by atoms with E-state index in [0.717, 1.165) is 0 Å². The van der Waals surface area contributed by atoms with E-state index in [1.54, 1.807) is 6.07 Å². The second-order valence-electron chi connectivity index (χ2n) is 4.51. The molecule has 23 heavy (non-hydrogen) atoms. The number of nitrogens with zero attached hydrogens (tertiary/aromatic N) is 1. The van der Waals surface area contributed by atoms with Gasteiger partial charge in [0.25, 0.3) is 0 Å². The molecule has 0 fully saturated rings. The number of halogens is 1. The molecule has 0 aliphatic rings. The highest BCUT2D eigenvalue weighted by atomic mass is 32.3. The molecule has 1 heterocycles. The van der Waals surface area contributed by atoms with Crippen LogP contribution >= 0.6 is 11.3 Å². The number of carboxylic acids is 1. The van der Waals surface area contributed by atoms with Crippen molar-refractivity contribution >= 4 is 38.0 Å². The molecule has 6 nitrogen and oxygen atoms in total. The molecule has 0 atom stereocenters. The molecule has 0 unspecified atom stereocenters. The molecule has 1 aromatic heterocycles. The molecule has 9 heteroatoms. The summed E-state index contributed by atoms with van der Waals surface area (Å²) in [6.07, 6.45) is 0. The van der Waals surface area contributed by atoms with Crippen LogP contribution in [-0.4, -0.2) is 24.5 Å². The van der Waals surface area contributed by atoms with E-state index in [-0.39, 0.29) is 11.3 Å². The summed E-state index contributed by atoms with van der Waals surface area (Å²) < 4.78 is 38.1. The molecule has 0 aliphatic carbocycles. The molecule has 2 aromatic carbocycles. The van der Waals surface area contributed by atoms with E-state index in [1.807, 2.05) is 0 Å². The molecular formula is C14H8FNO5S2. The molecule has 0 amide bonds. The lowest BCUT2D eigenvalue weighted by atomic mass is 10.2. The summed E-state index contributed by atoms with van der Waals surface area (Å²) in [7, 11) is -5.06. The van der Waals surface area contributed by atoms with Gasteiger partial charge in [0.05, 0.1) is 15.8 Å². The number of carboxylic acid groups (broad SMARTS) is 1. The lowest BCUT2D eigenvalue weighted by Gasteiger charge is -2.00. The second kappa shape index (κ2) is 5.60. The minimum Gasteiger partial charge on any atom is -0.478 e. The number of aromatic carboxylic acids is 1. The molecule has 0 bridgehead atoms. The van der Waals surface area contributed by atoms with Crippen LogP contribution in [0.5, 0.6) is 5.75 Å². The van der Waals surface area contributed by atoms with Crippen LogP contribution in [0, 0.1) is 0 Å². The minimum absolute atomic E-state index is 0.148. The van der Waals surface area contributed by atoms with Crippen LogP contribution in [0.1, 0.15) is 10.4 Å². The van der Waals surface area contributed by atoms with Gasteiger partial charge >= 0.3 is 16.5 Å². The maximum Gasteiger partial charge on any atom is 0.488 e. The lowest BCUT2D eigenvalue weighted by Crippen LogP contribution is -2.00. The van der Waals surface area contributed by atoms with Crippen molar-refractivity contribution < 1.29 is 26.4 Å². The summed E-state index contributed by atoms with van der Waals surface area (Å²) in [4.78, 5) is 15.3. The summed E-state index contributed by atoms with van der Waals surface area (Å²) >= 11 is 1.29. The van der Waals surface area contributed by atoms with Crippen molar-refractivity contribution in [3.63, 3.8) is 0 Å². The zero-order chi connectivity index (χ0) is 16.6. The molecular weight excluding hydrogens is 345 g/mol. The Kier molecular flexibility index (Phi) is 3.74. The van der Waals surface area contributed by atoms with Crippen molar-refractivity contribution in [1.29, 1.82) is 0 Å². The highest BCUT2D eigenvalue weighted by Crippen LogP contribution is 2.31. The third-order valence-electron chi connectivity index (χ3n) is 2.93.